The molecular formula is C17H19N3O. The van der Waals surface area contributed by atoms with Crippen molar-refractivity contribution < 1.29 is 4.74 Å². The zero-order valence-corrected chi connectivity index (χ0v) is 12.3. The van der Waals surface area contributed by atoms with Gasteiger partial charge in [-0.25, -0.2) is 4.98 Å². The molecule has 4 heteroatoms. The molecular weight excluding hydrogens is 262 g/mol. The third kappa shape index (κ3) is 2.22. The van der Waals surface area contributed by atoms with Gasteiger partial charge in [0.05, 0.1) is 17.6 Å². The minimum Gasteiger partial charge on any atom is -0.382 e. The van der Waals surface area contributed by atoms with Crippen LogP contribution in [0.25, 0.3) is 11.0 Å². The smallest absolute Gasteiger partial charge is 0.136 e. The lowest BCUT2D eigenvalue weighted by molar-refractivity contribution is 0.145. The zero-order chi connectivity index (χ0) is 14.9. The van der Waals surface area contributed by atoms with Crippen molar-refractivity contribution in [3.8, 4) is 0 Å². The number of hydrogen-bond acceptors (Lipinski definition) is 3. The maximum absolute atomic E-state index is 6.71. The molecule has 108 valence electrons. The van der Waals surface area contributed by atoms with Crippen molar-refractivity contribution in [1.29, 1.82) is 0 Å². The molecule has 4 nitrogen and oxygen atoms in total. The van der Waals surface area contributed by atoms with Gasteiger partial charge in [-0.2, -0.15) is 0 Å². The van der Waals surface area contributed by atoms with Crippen molar-refractivity contribution in [2.45, 2.75) is 5.54 Å². The number of fused-ring (bicyclic) bond motifs is 1. The molecule has 0 radical (unpaired) electrons. The lowest BCUT2D eigenvalue weighted by Gasteiger charge is -2.28. The Labute approximate surface area is 124 Å². The minimum absolute atomic E-state index is 0.369. The van der Waals surface area contributed by atoms with Gasteiger partial charge in [0.2, 0.25) is 0 Å². The molecule has 0 bridgehead atoms. The van der Waals surface area contributed by atoms with E-state index in [-0.39, 0.29) is 0 Å². The molecule has 21 heavy (non-hydrogen) atoms. The molecule has 0 saturated carbocycles. The van der Waals surface area contributed by atoms with Gasteiger partial charge < -0.3 is 15.0 Å². The first-order valence-electron chi connectivity index (χ1n) is 6.92. The summed E-state index contributed by atoms with van der Waals surface area (Å²) in [6.45, 7) is 0.369. The first-order valence-corrected chi connectivity index (χ1v) is 6.92. The average Bonchev–Trinajstić information content (AvgIpc) is 2.86. The van der Waals surface area contributed by atoms with E-state index in [1.807, 2.05) is 66.2 Å². The Hall–Kier alpha value is -2.17. The molecule has 0 aliphatic rings. The van der Waals surface area contributed by atoms with E-state index >= 15 is 0 Å². The molecule has 0 aliphatic carbocycles. The number of nitrogens with two attached hydrogens (primary N) is 1. The SMILES string of the molecule is COC[C@@](N)(c1ccccc1)c1nc2ccccc2n1C. The molecule has 2 N–H and O–H groups in total. The second-order valence-electron chi connectivity index (χ2n) is 5.25. The fraction of sp³-hybridized carbons (Fsp3) is 0.235. The predicted octanol–water partition coefficient (Wildman–Crippen LogP) is 2.42. The number of methoxy groups -OCH3 is 1. The summed E-state index contributed by atoms with van der Waals surface area (Å²) in [6.07, 6.45) is 0. The van der Waals surface area contributed by atoms with Crippen LogP contribution in [0.4, 0.5) is 0 Å². The minimum atomic E-state index is -0.774. The quantitative estimate of drug-likeness (QED) is 0.799. The van der Waals surface area contributed by atoms with Crippen LogP contribution in [-0.4, -0.2) is 23.3 Å². The fourth-order valence-electron chi connectivity index (χ4n) is 2.78. The predicted molar refractivity (Wildman–Crippen MR) is 84.0 cm³/mol. The van der Waals surface area contributed by atoms with Crippen LogP contribution < -0.4 is 5.73 Å². The van der Waals surface area contributed by atoms with Gasteiger partial charge in [0.15, 0.2) is 0 Å². The molecule has 0 aliphatic heterocycles. The second kappa shape index (κ2) is 5.31. The van der Waals surface area contributed by atoms with E-state index in [2.05, 4.69) is 0 Å². The Morgan fingerprint density at radius 1 is 1.10 bits per heavy atom. The molecule has 1 aromatic heterocycles. The largest absolute Gasteiger partial charge is 0.382 e. The summed E-state index contributed by atoms with van der Waals surface area (Å²) in [4.78, 5) is 4.74. The highest BCUT2D eigenvalue weighted by molar-refractivity contribution is 5.76. The normalized spacial score (nSPS) is 14.2. The van der Waals surface area contributed by atoms with Gasteiger partial charge in [0.25, 0.3) is 0 Å². The van der Waals surface area contributed by atoms with Crippen LogP contribution in [0, 0.1) is 0 Å². The van der Waals surface area contributed by atoms with E-state index in [4.69, 9.17) is 15.5 Å². The lowest BCUT2D eigenvalue weighted by atomic mass is 9.91. The van der Waals surface area contributed by atoms with Crippen molar-refractivity contribution in [2.75, 3.05) is 13.7 Å². The van der Waals surface area contributed by atoms with Crippen LogP contribution >= 0.6 is 0 Å². The van der Waals surface area contributed by atoms with Gasteiger partial charge in [-0.1, -0.05) is 42.5 Å². The summed E-state index contributed by atoms with van der Waals surface area (Å²) in [6, 6.07) is 18.0. The number of nitrogens with zero attached hydrogens (tertiary/aromatic N) is 2. The Morgan fingerprint density at radius 2 is 1.76 bits per heavy atom. The molecule has 2 aromatic carbocycles. The van der Waals surface area contributed by atoms with Crippen molar-refractivity contribution in [1.82, 2.24) is 9.55 Å². The maximum atomic E-state index is 6.71. The number of imidazole rings is 1. The summed E-state index contributed by atoms with van der Waals surface area (Å²) in [5.41, 5.74) is 8.93. The topological polar surface area (TPSA) is 53.1 Å². The van der Waals surface area contributed by atoms with Crippen molar-refractivity contribution in [2.24, 2.45) is 12.8 Å². The van der Waals surface area contributed by atoms with E-state index in [0.29, 0.717) is 6.61 Å². The highest BCUT2D eigenvalue weighted by Crippen LogP contribution is 2.29. The number of rotatable bonds is 4. The van der Waals surface area contributed by atoms with Gasteiger partial charge in [-0.3, -0.25) is 0 Å². The molecule has 3 rings (SSSR count). The van der Waals surface area contributed by atoms with Crippen LogP contribution in [0.3, 0.4) is 0 Å². The van der Waals surface area contributed by atoms with Crippen molar-refractivity contribution >= 4 is 11.0 Å². The number of aryl methyl sites for hydroxylation is 1. The summed E-state index contributed by atoms with van der Waals surface area (Å²) < 4.78 is 7.43. The van der Waals surface area contributed by atoms with Gasteiger partial charge in [0, 0.05) is 14.2 Å². The standard InChI is InChI=1S/C17H19N3O/c1-20-15-11-7-6-10-14(15)19-16(20)17(18,12-21-2)13-8-4-3-5-9-13/h3-11H,12,18H2,1-2H3/t17-/m1/s1. The molecule has 0 unspecified atom stereocenters. The maximum Gasteiger partial charge on any atom is 0.136 e. The zero-order valence-electron chi connectivity index (χ0n) is 12.3. The lowest BCUT2D eigenvalue weighted by Crippen LogP contribution is -2.44. The van der Waals surface area contributed by atoms with E-state index < -0.39 is 5.54 Å². The monoisotopic (exact) mass is 281 g/mol. The summed E-state index contributed by atoms with van der Waals surface area (Å²) in [5.74, 6) is 0.803. The summed E-state index contributed by atoms with van der Waals surface area (Å²) in [7, 11) is 3.65. The van der Waals surface area contributed by atoms with Crippen LogP contribution in [0.2, 0.25) is 0 Å². The molecule has 3 aromatic rings. The van der Waals surface area contributed by atoms with Gasteiger partial charge in [0.1, 0.15) is 11.4 Å². The molecule has 0 spiro atoms. The third-order valence-corrected chi connectivity index (χ3v) is 3.85. The molecule has 1 atom stereocenters. The highest BCUT2D eigenvalue weighted by atomic mass is 16.5. The third-order valence-electron chi connectivity index (χ3n) is 3.85. The van der Waals surface area contributed by atoms with Crippen molar-refractivity contribution in [3.05, 3.63) is 66.0 Å². The van der Waals surface area contributed by atoms with Crippen LogP contribution in [0.15, 0.2) is 54.6 Å². The Kier molecular flexibility index (Phi) is 3.49. The van der Waals surface area contributed by atoms with Crippen molar-refractivity contribution in [3.63, 3.8) is 0 Å². The molecule has 0 saturated heterocycles. The first kappa shape index (κ1) is 13.8. The molecule has 0 fully saturated rings. The Bertz CT molecular complexity index is 751. The number of aromatic nitrogens is 2. The number of hydrogen-bond donors (Lipinski definition) is 1. The number of para-hydroxylation sites is 2. The number of benzene rings is 2. The van der Waals surface area contributed by atoms with Gasteiger partial charge in [-0.05, 0) is 17.7 Å². The van der Waals surface area contributed by atoms with Crippen LogP contribution in [0.1, 0.15) is 11.4 Å². The average molecular weight is 281 g/mol. The summed E-state index contributed by atoms with van der Waals surface area (Å²) >= 11 is 0. The Balaban J connectivity index is 2.22. The number of ether oxygens (including phenoxy) is 1. The first-order chi connectivity index (χ1) is 10.2. The van der Waals surface area contributed by atoms with Crippen LogP contribution in [0.5, 0.6) is 0 Å². The fourth-order valence-corrected chi connectivity index (χ4v) is 2.78. The van der Waals surface area contributed by atoms with E-state index in [1.54, 1.807) is 7.11 Å². The van der Waals surface area contributed by atoms with Crippen LogP contribution in [-0.2, 0) is 17.3 Å². The van der Waals surface area contributed by atoms with E-state index in [9.17, 15) is 0 Å². The van der Waals surface area contributed by atoms with Gasteiger partial charge in [-0.15, -0.1) is 0 Å². The highest BCUT2D eigenvalue weighted by Gasteiger charge is 2.34. The second-order valence-corrected chi connectivity index (χ2v) is 5.25. The molecule has 1 heterocycles. The summed E-state index contributed by atoms with van der Waals surface area (Å²) in [5, 5.41) is 0. The van der Waals surface area contributed by atoms with Gasteiger partial charge >= 0.3 is 0 Å². The van der Waals surface area contributed by atoms with E-state index in [0.717, 1.165) is 22.4 Å². The molecule has 0 amide bonds. The van der Waals surface area contributed by atoms with E-state index in [1.165, 1.54) is 0 Å². The Morgan fingerprint density at radius 3 is 2.43 bits per heavy atom.